The molecule has 0 radical (unpaired) electrons. The molecule has 0 aromatic heterocycles. The van der Waals surface area contributed by atoms with Gasteiger partial charge < -0.3 is 15.7 Å². The standard InChI is InChI=1S/C15H24N2O2/c1-4-5-9-13(16)15(19)17(3)11(2)12-8-6-7-10-14(12)18/h6-8,10-11,13,18H,4-5,9,16H2,1-3H3/t11?,13-/m0/s1. The van der Waals surface area contributed by atoms with Gasteiger partial charge in [-0.25, -0.2) is 0 Å². The molecule has 1 aromatic carbocycles. The normalized spacial score (nSPS) is 13.9. The third-order valence-electron chi connectivity index (χ3n) is 3.50. The molecule has 0 aliphatic rings. The van der Waals surface area contributed by atoms with Crippen molar-refractivity contribution >= 4 is 5.91 Å². The molecular weight excluding hydrogens is 240 g/mol. The van der Waals surface area contributed by atoms with E-state index in [4.69, 9.17) is 5.73 Å². The summed E-state index contributed by atoms with van der Waals surface area (Å²) >= 11 is 0. The lowest BCUT2D eigenvalue weighted by Gasteiger charge is -2.28. The fraction of sp³-hybridized carbons (Fsp3) is 0.533. The van der Waals surface area contributed by atoms with Crippen LogP contribution in [-0.2, 0) is 4.79 Å². The summed E-state index contributed by atoms with van der Waals surface area (Å²) in [6, 6.07) is 6.41. The zero-order chi connectivity index (χ0) is 14.4. The highest BCUT2D eigenvalue weighted by Gasteiger charge is 2.23. The van der Waals surface area contributed by atoms with Crippen molar-refractivity contribution in [3.8, 4) is 5.75 Å². The number of hydrogen-bond donors (Lipinski definition) is 2. The Hall–Kier alpha value is -1.55. The second kappa shape index (κ2) is 7.14. The van der Waals surface area contributed by atoms with E-state index < -0.39 is 6.04 Å². The van der Waals surface area contributed by atoms with E-state index in [0.29, 0.717) is 6.42 Å². The van der Waals surface area contributed by atoms with E-state index in [1.165, 1.54) is 0 Å². The Labute approximate surface area is 115 Å². The highest BCUT2D eigenvalue weighted by molar-refractivity contribution is 5.81. The molecule has 3 N–H and O–H groups in total. The number of nitrogens with two attached hydrogens (primary N) is 1. The monoisotopic (exact) mass is 264 g/mol. The minimum absolute atomic E-state index is 0.0794. The van der Waals surface area contributed by atoms with Crippen LogP contribution in [0.3, 0.4) is 0 Å². The summed E-state index contributed by atoms with van der Waals surface area (Å²) < 4.78 is 0. The molecule has 0 saturated heterocycles. The molecule has 4 nitrogen and oxygen atoms in total. The highest BCUT2D eigenvalue weighted by atomic mass is 16.3. The number of aromatic hydroxyl groups is 1. The number of unbranched alkanes of at least 4 members (excludes halogenated alkanes) is 1. The largest absolute Gasteiger partial charge is 0.508 e. The summed E-state index contributed by atoms with van der Waals surface area (Å²) in [6.07, 6.45) is 2.68. The van der Waals surface area contributed by atoms with Gasteiger partial charge in [0.15, 0.2) is 0 Å². The molecule has 19 heavy (non-hydrogen) atoms. The minimum Gasteiger partial charge on any atom is -0.508 e. The fourth-order valence-corrected chi connectivity index (χ4v) is 2.05. The van der Waals surface area contributed by atoms with E-state index in [-0.39, 0.29) is 17.7 Å². The van der Waals surface area contributed by atoms with Crippen LogP contribution in [0.15, 0.2) is 24.3 Å². The first-order valence-electron chi connectivity index (χ1n) is 6.79. The number of hydrogen-bond acceptors (Lipinski definition) is 3. The lowest BCUT2D eigenvalue weighted by molar-refractivity contribution is -0.133. The predicted molar refractivity (Wildman–Crippen MR) is 76.8 cm³/mol. The summed E-state index contributed by atoms with van der Waals surface area (Å²) in [7, 11) is 1.73. The molecule has 0 aliphatic heterocycles. The van der Waals surface area contributed by atoms with Gasteiger partial charge in [-0.15, -0.1) is 0 Å². The smallest absolute Gasteiger partial charge is 0.239 e. The molecule has 0 aliphatic carbocycles. The van der Waals surface area contributed by atoms with Gasteiger partial charge in [-0.1, -0.05) is 38.0 Å². The minimum atomic E-state index is -0.460. The number of carbonyl (C=O) groups excluding carboxylic acids is 1. The van der Waals surface area contributed by atoms with E-state index in [1.54, 1.807) is 24.1 Å². The number of carbonyl (C=O) groups is 1. The van der Waals surface area contributed by atoms with Crippen LogP contribution in [0, 0.1) is 0 Å². The number of amides is 1. The van der Waals surface area contributed by atoms with E-state index in [2.05, 4.69) is 6.92 Å². The van der Waals surface area contributed by atoms with Crippen LogP contribution in [0.5, 0.6) is 5.75 Å². The Balaban J connectivity index is 2.74. The Morgan fingerprint density at radius 3 is 2.63 bits per heavy atom. The third-order valence-corrected chi connectivity index (χ3v) is 3.50. The number of nitrogens with zero attached hydrogens (tertiary/aromatic N) is 1. The Bertz CT molecular complexity index is 420. The highest BCUT2D eigenvalue weighted by Crippen LogP contribution is 2.27. The first kappa shape index (κ1) is 15.5. The maximum Gasteiger partial charge on any atom is 0.239 e. The topological polar surface area (TPSA) is 66.6 Å². The lowest BCUT2D eigenvalue weighted by Crippen LogP contribution is -2.42. The van der Waals surface area contributed by atoms with Gasteiger partial charge in [-0.3, -0.25) is 4.79 Å². The lowest BCUT2D eigenvalue weighted by atomic mass is 10.0. The SMILES string of the molecule is CCCC[C@H](N)C(=O)N(C)C(C)c1ccccc1O. The van der Waals surface area contributed by atoms with Gasteiger partial charge in [0.1, 0.15) is 5.75 Å². The Morgan fingerprint density at radius 2 is 2.05 bits per heavy atom. The van der Waals surface area contributed by atoms with Crippen molar-refractivity contribution in [3.05, 3.63) is 29.8 Å². The molecule has 0 bridgehead atoms. The third kappa shape index (κ3) is 3.96. The first-order chi connectivity index (χ1) is 8.99. The van der Waals surface area contributed by atoms with Crippen molar-refractivity contribution in [3.63, 3.8) is 0 Å². The van der Waals surface area contributed by atoms with Crippen molar-refractivity contribution in [2.75, 3.05) is 7.05 Å². The van der Waals surface area contributed by atoms with Gasteiger partial charge in [0, 0.05) is 12.6 Å². The van der Waals surface area contributed by atoms with Gasteiger partial charge in [0.25, 0.3) is 0 Å². The Kier molecular flexibility index (Phi) is 5.83. The van der Waals surface area contributed by atoms with Crippen molar-refractivity contribution in [2.45, 2.75) is 45.2 Å². The molecule has 1 unspecified atom stereocenters. The van der Waals surface area contributed by atoms with Crippen molar-refractivity contribution in [2.24, 2.45) is 5.73 Å². The number of rotatable bonds is 6. The predicted octanol–water partition coefficient (Wildman–Crippen LogP) is 2.43. The van der Waals surface area contributed by atoms with E-state index in [9.17, 15) is 9.90 Å². The summed E-state index contributed by atoms with van der Waals surface area (Å²) in [6.45, 7) is 3.96. The zero-order valence-corrected chi connectivity index (χ0v) is 12.0. The molecule has 1 amide bonds. The fourth-order valence-electron chi connectivity index (χ4n) is 2.05. The van der Waals surface area contributed by atoms with Crippen LogP contribution in [0.4, 0.5) is 0 Å². The molecule has 0 heterocycles. The van der Waals surface area contributed by atoms with Crippen LogP contribution < -0.4 is 5.73 Å². The summed E-state index contributed by atoms with van der Waals surface area (Å²) in [5.74, 6) is 0.126. The quantitative estimate of drug-likeness (QED) is 0.829. The molecule has 0 spiro atoms. The van der Waals surface area contributed by atoms with Crippen LogP contribution in [0.25, 0.3) is 0 Å². The number of phenols is 1. The van der Waals surface area contributed by atoms with Crippen LogP contribution >= 0.6 is 0 Å². The van der Waals surface area contributed by atoms with Gasteiger partial charge >= 0.3 is 0 Å². The van der Waals surface area contributed by atoms with Crippen LogP contribution in [0.2, 0.25) is 0 Å². The average molecular weight is 264 g/mol. The maximum atomic E-state index is 12.2. The van der Waals surface area contributed by atoms with E-state index >= 15 is 0 Å². The van der Waals surface area contributed by atoms with Gasteiger partial charge in [-0.2, -0.15) is 0 Å². The Morgan fingerprint density at radius 1 is 1.42 bits per heavy atom. The molecular formula is C15H24N2O2. The molecule has 2 atom stereocenters. The van der Waals surface area contributed by atoms with Crippen LogP contribution in [0.1, 0.15) is 44.7 Å². The van der Waals surface area contributed by atoms with E-state index in [0.717, 1.165) is 18.4 Å². The second-order valence-electron chi connectivity index (χ2n) is 4.93. The molecule has 106 valence electrons. The molecule has 1 rings (SSSR count). The van der Waals surface area contributed by atoms with Crippen molar-refractivity contribution in [1.82, 2.24) is 4.90 Å². The molecule has 1 aromatic rings. The van der Waals surface area contributed by atoms with E-state index in [1.807, 2.05) is 19.1 Å². The number of likely N-dealkylation sites (N-methyl/N-ethyl adjacent to an activating group) is 1. The second-order valence-corrected chi connectivity index (χ2v) is 4.93. The van der Waals surface area contributed by atoms with Gasteiger partial charge in [0.05, 0.1) is 12.1 Å². The zero-order valence-electron chi connectivity index (χ0n) is 12.0. The van der Waals surface area contributed by atoms with Crippen molar-refractivity contribution < 1.29 is 9.90 Å². The summed E-state index contributed by atoms with van der Waals surface area (Å²) in [5.41, 5.74) is 6.64. The van der Waals surface area contributed by atoms with Crippen LogP contribution in [-0.4, -0.2) is 29.0 Å². The molecule has 4 heteroatoms. The number of benzene rings is 1. The summed E-state index contributed by atoms with van der Waals surface area (Å²) in [5, 5.41) is 9.82. The molecule has 0 fully saturated rings. The van der Waals surface area contributed by atoms with Gasteiger partial charge in [0.2, 0.25) is 5.91 Å². The van der Waals surface area contributed by atoms with Gasteiger partial charge in [-0.05, 0) is 19.4 Å². The number of para-hydroxylation sites is 1. The summed E-state index contributed by atoms with van der Waals surface area (Å²) in [4.78, 5) is 13.8. The van der Waals surface area contributed by atoms with Crippen molar-refractivity contribution in [1.29, 1.82) is 0 Å². The maximum absolute atomic E-state index is 12.2. The average Bonchev–Trinajstić information content (AvgIpc) is 2.42. The number of phenolic OH excluding ortho intramolecular Hbond substituents is 1. The first-order valence-corrected chi connectivity index (χ1v) is 6.79. The molecule has 0 saturated carbocycles.